The van der Waals surface area contributed by atoms with E-state index >= 15 is 0 Å². The van der Waals surface area contributed by atoms with Gasteiger partial charge >= 0.3 is 0 Å². The third-order valence-electron chi connectivity index (χ3n) is 2.84. The number of hydrogen-bond acceptors (Lipinski definition) is 2. The van der Waals surface area contributed by atoms with Crippen LogP contribution in [0.5, 0.6) is 0 Å². The first-order valence-corrected chi connectivity index (χ1v) is 6.22. The molecule has 1 aliphatic rings. The van der Waals surface area contributed by atoms with Crippen LogP contribution in [0.2, 0.25) is 0 Å². The molecule has 0 atom stereocenters. The lowest BCUT2D eigenvalue weighted by Crippen LogP contribution is -2.23. The molecule has 84 valence electrons. The normalized spacial score (nSPS) is 16.5. The number of hydrogen-bond donors (Lipinski definition) is 1. The predicted octanol–water partition coefficient (Wildman–Crippen LogP) is 2.11. The maximum Gasteiger partial charge on any atom is 0.000661 e. The summed E-state index contributed by atoms with van der Waals surface area (Å²) in [5.74, 6) is 1.04. The molecule has 0 aromatic rings. The van der Waals surface area contributed by atoms with Crippen molar-refractivity contribution in [2.45, 2.75) is 39.0 Å². The van der Waals surface area contributed by atoms with Crippen molar-refractivity contribution in [1.29, 1.82) is 0 Å². The summed E-state index contributed by atoms with van der Waals surface area (Å²) in [6, 6.07) is 0. The van der Waals surface area contributed by atoms with Gasteiger partial charge in [0.15, 0.2) is 0 Å². The lowest BCUT2D eigenvalue weighted by atomic mass is 10.2. The second-order valence-corrected chi connectivity index (χ2v) is 4.66. The van der Waals surface area contributed by atoms with Gasteiger partial charge in [0.05, 0.1) is 0 Å². The van der Waals surface area contributed by atoms with E-state index in [1.165, 1.54) is 58.3 Å². The van der Waals surface area contributed by atoms with Crippen molar-refractivity contribution in [3.8, 4) is 0 Å². The molecule has 0 bridgehead atoms. The molecule has 0 unspecified atom stereocenters. The van der Waals surface area contributed by atoms with E-state index in [0.717, 1.165) is 5.92 Å². The van der Waals surface area contributed by atoms with Crippen LogP contribution in [0.1, 0.15) is 39.0 Å². The molecule has 0 amide bonds. The van der Waals surface area contributed by atoms with Crippen LogP contribution in [0.15, 0.2) is 0 Å². The Labute approximate surface area is 89.1 Å². The number of nitrogens with zero attached hydrogens (tertiary/aromatic N) is 1. The Morgan fingerprint density at radius 3 is 2.64 bits per heavy atom. The summed E-state index contributed by atoms with van der Waals surface area (Å²) >= 11 is 0. The highest BCUT2D eigenvalue weighted by molar-refractivity contribution is 4.75. The lowest BCUT2D eigenvalue weighted by Gasteiger charge is -2.15. The molecule has 1 N–H and O–H groups in total. The zero-order chi connectivity index (χ0) is 10.2. The molecule has 14 heavy (non-hydrogen) atoms. The fraction of sp³-hybridized carbons (Fsp3) is 1.00. The van der Waals surface area contributed by atoms with E-state index in [0.29, 0.717) is 0 Å². The first-order chi connectivity index (χ1) is 6.83. The number of unbranched alkanes of at least 4 members (excludes halogenated alkanes) is 1. The maximum atomic E-state index is 3.44. The summed E-state index contributed by atoms with van der Waals surface area (Å²) in [6.45, 7) is 7.21. The van der Waals surface area contributed by atoms with Gasteiger partial charge in [0, 0.05) is 6.54 Å². The Kier molecular flexibility index (Phi) is 6.20. The summed E-state index contributed by atoms with van der Waals surface area (Å²) in [7, 11) is 2.26. The van der Waals surface area contributed by atoms with Gasteiger partial charge in [0.25, 0.3) is 0 Å². The number of nitrogens with one attached hydrogen (secondary N) is 1. The molecule has 0 aromatic heterocycles. The molecule has 1 fully saturated rings. The van der Waals surface area contributed by atoms with Crippen LogP contribution in [0, 0.1) is 5.92 Å². The monoisotopic (exact) mass is 198 g/mol. The summed E-state index contributed by atoms with van der Waals surface area (Å²) in [6.07, 6.45) is 6.88. The molecule has 0 saturated heterocycles. The molecule has 0 radical (unpaired) electrons. The van der Waals surface area contributed by atoms with Crippen molar-refractivity contribution in [3.05, 3.63) is 0 Å². The second kappa shape index (κ2) is 7.24. The zero-order valence-electron chi connectivity index (χ0n) is 9.89. The smallest absolute Gasteiger partial charge is 0.000661 e. The van der Waals surface area contributed by atoms with E-state index < -0.39 is 0 Å². The SMILES string of the molecule is CCCNCCCCN(C)CC1CC1. The fourth-order valence-corrected chi connectivity index (χ4v) is 1.77. The summed E-state index contributed by atoms with van der Waals surface area (Å²) in [5.41, 5.74) is 0. The largest absolute Gasteiger partial charge is 0.317 e. The van der Waals surface area contributed by atoms with E-state index in [2.05, 4.69) is 24.2 Å². The van der Waals surface area contributed by atoms with Gasteiger partial charge in [-0.25, -0.2) is 0 Å². The first kappa shape index (κ1) is 12.0. The van der Waals surface area contributed by atoms with Crippen molar-refractivity contribution in [2.24, 2.45) is 5.92 Å². The third-order valence-corrected chi connectivity index (χ3v) is 2.84. The topological polar surface area (TPSA) is 15.3 Å². The Hall–Kier alpha value is -0.0800. The van der Waals surface area contributed by atoms with E-state index in [-0.39, 0.29) is 0 Å². The summed E-state index contributed by atoms with van der Waals surface area (Å²) in [4.78, 5) is 2.50. The van der Waals surface area contributed by atoms with Crippen molar-refractivity contribution < 1.29 is 0 Å². The Morgan fingerprint density at radius 1 is 1.21 bits per heavy atom. The van der Waals surface area contributed by atoms with Crippen LogP contribution in [0.3, 0.4) is 0 Å². The minimum absolute atomic E-state index is 1.04. The maximum absolute atomic E-state index is 3.44. The molecule has 2 nitrogen and oxygen atoms in total. The minimum Gasteiger partial charge on any atom is -0.317 e. The standard InChI is InChI=1S/C12H26N2/c1-3-8-13-9-4-5-10-14(2)11-12-6-7-12/h12-13H,3-11H2,1-2H3. The highest BCUT2D eigenvalue weighted by atomic mass is 15.1. The van der Waals surface area contributed by atoms with Gasteiger partial charge in [-0.3, -0.25) is 0 Å². The molecule has 1 saturated carbocycles. The predicted molar refractivity (Wildman–Crippen MR) is 62.6 cm³/mol. The van der Waals surface area contributed by atoms with Crippen molar-refractivity contribution in [1.82, 2.24) is 10.2 Å². The molecule has 0 spiro atoms. The second-order valence-electron chi connectivity index (χ2n) is 4.66. The van der Waals surface area contributed by atoms with Crippen molar-refractivity contribution in [2.75, 3.05) is 33.2 Å². The first-order valence-electron chi connectivity index (χ1n) is 6.22. The summed E-state index contributed by atoms with van der Waals surface area (Å²) in [5, 5.41) is 3.44. The van der Waals surface area contributed by atoms with Gasteiger partial charge in [-0.1, -0.05) is 6.92 Å². The van der Waals surface area contributed by atoms with Gasteiger partial charge in [-0.15, -0.1) is 0 Å². The Balaban J connectivity index is 1.77. The molecule has 1 rings (SSSR count). The number of rotatable bonds is 9. The van der Waals surface area contributed by atoms with E-state index in [9.17, 15) is 0 Å². The molecule has 2 heteroatoms. The Morgan fingerprint density at radius 2 is 2.00 bits per heavy atom. The van der Waals surface area contributed by atoms with Crippen LogP contribution in [0.4, 0.5) is 0 Å². The van der Waals surface area contributed by atoms with E-state index in [4.69, 9.17) is 0 Å². The molecular formula is C12H26N2. The summed E-state index contributed by atoms with van der Waals surface area (Å²) < 4.78 is 0. The molecule has 0 aliphatic heterocycles. The highest BCUT2D eigenvalue weighted by Gasteiger charge is 2.22. The average Bonchev–Trinajstić information content (AvgIpc) is 2.95. The van der Waals surface area contributed by atoms with Crippen LogP contribution in [-0.4, -0.2) is 38.1 Å². The van der Waals surface area contributed by atoms with Gasteiger partial charge in [-0.05, 0) is 64.7 Å². The van der Waals surface area contributed by atoms with E-state index in [1.54, 1.807) is 0 Å². The third kappa shape index (κ3) is 6.39. The zero-order valence-corrected chi connectivity index (χ0v) is 9.89. The quantitative estimate of drug-likeness (QED) is 0.571. The molecule has 1 aliphatic carbocycles. The Bertz CT molecular complexity index is 132. The van der Waals surface area contributed by atoms with Crippen LogP contribution in [-0.2, 0) is 0 Å². The molecular weight excluding hydrogens is 172 g/mol. The lowest BCUT2D eigenvalue weighted by molar-refractivity contribution is 0.312. The van der Waals surface area contributed by atoms with E-state index in [1.807, 2.05) is 0 Å². The van der Waals surface area contributed by atoms with Crippen LogP contribution < -0.4 is 5.32 Å². The van der Waals surface area contributed by atoms with Gasteiger partial charge < -0.3 is 10.2 Å². The minimum atomic E-state index is 1.04. The average molecular weight is 198 g/mol. The van der Waals surface area contributed by atoms with Crippen LogP contribution in [0.25, 0.3) is 0 Å². The van der Waals surface area contributed by atoms with Crippen molar-refractivity contribution in [3.63, 3.8) is 0 Å². The van der Waals surface area contributed by atoms with Gasteiger partial charge in [0.1, 0.15) is 0 Å². The van der Waals surface area contributed by atoms with Gasteiger partial charge in [-0.2, -0.15) is 0 Å². The van der Waals surface area contributed by atoms with Gasteiger partial charge in [0.2, 0.25) is 0 Å². The highest BCUT2D eigenvalue weighted by Crippen LogP contribution is 2.29. The fourth-order valence-electron chi connectivity index (χ4n) is 1.77. The van der Waals surface area contributed by atoms with Crippen molar-refractivity contribution >= 4 is 0 Å². The molecule has 0 aromatic carbocycles. The molecule has 0 heterocycles. The van der Waals surface area contributed by atoms with Crippen LogP contribution >= 0.6 is 0 Å².